The van der Waals surface area contributed by atoms with Gasteiger partial charge in [-0.3, -0.25) is 0 Å². The minimum absolute atomic E-state index is 0.398. The van der Waals surface area contributed by atoms with Gasteiger partial charge in [-0.05, 0) is 56.0 Å². The standard InChI is InChI=1S/C18H30N2O/c1-5-10-19-18(13-20(3)12-16-11-14(16)2)15-6-8-17(21-4)9-7-15/h6-9,14,16,18-19H,5,10-13H2,1-4H3. The quantitative estimate of drug-likeness (QED) is 0.755. The van der Waals surface area contributed by atoms with Crippen molar-refractivity contribution in [3.05, 3.63) is 29.8 Å². The zero-order chi connectivity index (χ0) is 15.2. The normalized spacial score (nSPS) is 22.3. The number of hydrogen-bond donors (Lipinski definition) is 1. The van der Waals surface area contributed by atoms with Gasteiger partial charge in [0.2, 0.25) is 0 Å². The highest BCUT2D eigenvalue weighted by Crippen LogP contribution is 2.38. The van der Waals surface area contributed by atoms with Crippen molar-refractivity contribution < 1.29 is 4.74 Å². The largest absolute Gasteiger partial charge is 0.497 e. The van der Waals surface area contributed by atoms with E-state index < -0.39 is 0 Å². The average Bonchev–Trinajstić information content (AvgIpc) is 3.18. The Balaban J connectivity index is 1.94. The number of rotatable bonds is 9. The lowest BCUT2D eigenvalue weighted by Gasteiger charge is -2.25. The summed E-state index contributed by atoms with van der Waals surface area (Å²) in [6, 6.07) is 8.87. The average molecular weight is 290 g/mol. The maximum absolute atomic E-state index is 5.25. The van der Waals surface area contributed by atoms with E-state index in [0.29, 0.717) is 6.04 Å². The second-order valence-corrected chi connectivity index (χ2v) is 6.47. The lowest BCUT2D eigenvalue weighted by atomic mass is 10.1. The number of benzene rings is 1. The number of nitrogens with zero attached hydrogens (tertiary/aromatic N) is 1. The first-order valence-corrected chi connectivity index (χ1v) is 8.20. The SMILES string of the molecule is CCCNC(CN(C)CC1CC1C)c1ccc(OC)cc1. The number of likely N-dealkylation sites (N-methyl/N-ethyl adjacent to an activating group) is 1. The molecule has 0 radical (unpaired) electrons. The molecule has 0 spiro atoms. The molecule has 1 N–H and O–H groups in total. The summed E-state index contributed by atoms with van der Waals surface area (Å²) >= 11 is 0. The summed E-state index contributed by atoms with van der Waals surface area (Å²) in [4.78, 5) is 2.48. The van der Waals surface area contributed by atoms with Gasteiger partial charge in [0, 0.05) is 19.1 Å². The number of nitrogens with one attached hydrogen (secondary N) is 1. The van der Waals surface area contributed by atoms with Crippen LogP contribution in [-0.4, -0.2) is 38.7 Å². The van der Waals surface area contributed by atoms with Crippen LogP contribution in [0.3, 0.4) is 0 Å². The van der Waals surface area contributed by atoms with Crippen LogP contribution < -0.4 is 10.1 Å². The first kappa shape index (κ1) is 16.3. The van der Waals surface area contributed by atoms with Crippen molar-refractivity contribution >= 4 is 0 Å². The Morgan fingerprint density at radius 1 is 1.33 bits per heavy atom. The van der Waals surface area contributed by atoms with E-state index in [2.05, 4.69) is 55.4 Å². The van der Waals surface area contributed by atoms with E-state index in [-0.39, 0.29) is 0 Å². The van der Waals surface area contributed by atoms with Crippen LogP contribution >= 0.6 is 0 Å². The molecule has 0 amide bonds. The van der Waals surface area contributed by atoms with Crippen LogP contribution in [0.1, 0.15) is 38.3 Å². The zero-order valence-corrected chi connectivity index (χ0v) is 13.9. The maximum atomic E-state index is 5.25. The van der Waals surface area contributed by atoms with Gasteiger partial charge in [0.25, 0.3) is 0 Å². The van der Waals surface area contributed by atoms with E-state index in [0.717, 1.165) is 37.1 Å². The predicted molar refractivity (Wildman–Crippen MR) is 88.8 cm³/mol. The number of ether oxygens (including phenoxy) is 1. The van der Waals surface area contributed by atoms with Crippen LogP contribution in [0.2, 0.25) is 0 Å². The smallest absolute Gasteiger partial charge is 0.118 e. The molecule has 1 aromatic carbocycles. The highest BCUT2D eigenvalue weighted by Gasteiger charge is 2.33. The van der Waals surface area contributed by atoms with Crippen molar-refractivity contribution in [1.29, 1.82) is 0 Å². The molecule has 3 nitrogen and oxygen atoms in total. The lowest BCUT2D eigenvalue weighted by molar-refractivity contribution is 0.276. The van der Waals surface area contributed by atoms with Crippen LogP contribution in [-0.2, 0) is 0 Å². The minimum Gasteiger partial charge on any atom is -0.497 e. The van der Waals surface area contributed by atoms with E-state index >= 15 is 0 Å². The first-order valence-electron chi connectivity index (χ1n) is 8.20. The van der Waals surface area contributed by atoms with Crippen LogP contribution in [0, 0.1) is 11.8 Å². The molecule has 0 saturated heterocycles. The Hall–Kier alpha value is -1.06. The van der Waals surface area contributed by atoms with Gasteiger partial charge < -0.3 is 15.0 Å². The molecule has 0 heterocycles. The maximum Gasteiger partial charge on any atom is 0.118 e. The van der Waals surface area contributed by atoms with Crippen LogP contribution in [0.15, 0.2) is 24.3 Å². The van der Waals surface area contributed by atoms with E-state index in [1.165, 1.54) is 18.5 Å². The fourth-order valence-corrected chi connectivity index (χ4v) is 2.88. The molecule has 118 valence electrons. The number of hydrogen-bond acceptors (Lipinski definition) is 3. The Labute approximate surface area is 129 Å². The molecule has 0 aromatic heterocycles. The van der Waals surface area contributed by atoms with Gasteiger partial charge in [0.05, 0.1) is 7.11 Å². The van der Waals surface area contributed by atoms with E-state index in [1.807, 2.05) is 0 Å². The summed E-state index contributed by atoms with van der Waals surface area (Å²) in [5.41, 5.74) is 1.35. The van der Waals surface area contributed by atoms with Crippen LogP contribution in [0.25, 0.3) is 0 Å². The van der Waals surface area contributed by atoms with Crippen molar-refractivity contribution in [3.63, 3.8) is 0 Å². The molecule has 1 aliphatic rings. The summed E-state index contributed by atoms with van der Waals surface area (Å²) in [7, 11) is 3.96. The molecule has 1 fully saturated rings. The Morgan fingerprint density at radius 3 is 2.52 bits per heavy atom. The van der Waals surface area contributed by atoms with Gasteiger partial charge in [-0.1, -0.05) is 26.0 Å². The Kier molecular flexibility index (Phi) is 6.07. The molecular weight excluding hydrogens is 260 g/mol. The molecule has 3 heteroatoms. The third-order valence-corrected chi connectivity index (χ3v) is 4.48. The van der Waals surface area contributed by atoms with Crippen LogP contribution in [0.4, 0.5) is 0 Å². The third-order valence-electron chi connectivity index (χ3n) is 4.48. The molecule has 1 aliphatic carbocycles. The predicted octanol–water partition coefficient (Wildman–Crippen LogP) is 3.32. The highest BCUT2D eigenvalue weighted by atomic mass is 16.5. The molecule has 2 rings (SSSR count). The minimum atomic E-state index is 0.398. The Bertz CT molecular complexity index is 418. The number of methoxy groups -OCH3 is 1. The topological polar surface area (TPSA) is 24.5 Å². The van der Waals surface area contributed by atoms with Gasteiger partial charge in [0.15, 0.2) is 0 Å². The van der Waals surface area contributed by atoms with Gasteiger partial charge in [-0.2, -0.15) is 0 Å². The zero-order valence-electron chi connectivity index (χ0n) is 13.9. The van der Waals surface area contributed by atoms with Crippen molar-refractivity contribution in [2.45, 2.75) is 32.7 Å². The molecule has 1 aromatic rings. The summed E-state index contributed by atoms with van der Waals surface area (Å²) in [6.07, 6.45) is 2.57. The molecular formula is C18H30N2O. The molecule has 1 saturated carbocycles. The first-order chi connectivity index (χ1) is 10.1. The second kappa shape index (κ2) is 7.81. The van der Waals surface area contributed by atoms with Gasteiger partial charge in [-0.15, -0.1) is 0 Å². The van der Waals surface area contributed by atoms with Gasteiger partial charge in [-0.25, -0.2) is 0 Å². The summed E-state index contributed by atoms with van der Waals surface area (Å²) in [5, 5.41) is 3.68. The van der Waals surface area contributed by atoms with E-state index in [4.69, 9.17) is 4.74 Å². The van der Waals surface area contributed by atoms with Crippen LogP contribution in [0.5, 0.6) is 5.75 Å². The molecule has 3 atom stereocenters. The van der Waals surface area contributed by atoms with Gasteiger partial charge in [0.1, 0.15) is 5.75 Å². The monoisotopic (exact) mass is 290 g/mol. The molecule has 3 unspecified atom stereocenters. The van der Waals surface area contributed by atoms with E-state index in [9.17, 15) is 0 Å². The van der Waals surface area contributed by atoms with E-state index in [1.54, 1.807) is 7.11 Å². The summed E-state index contributed by atoms with van der Waals surface area (Å²) in [5.74, 6) is 2.77. The van der Waals surface area contributed by atoms with Crippen molar-refractivity contribution in [2.24, 2.45) is 11.8 Å². The van der Waals surface area contributed by atoms with Crippen molar-refractivity contribution in [1.82, 2.24) is 10.2 Å². The lowest BCUT2D eigenvalue weighted by Crippen LogP contribution is -2.34. The second-order valence-electron chi connectivity index (χ2n) is 6.47. The fourth-order valence-electron chi connectivity index (χ4n) is 2.88. The third kappa shape index (κ3) is 5.01. The summed E-state index contributed by atoms with van der Waals surface area (Å²) < 4.78 is 5.25. The Morgan fingerprint density at radius 2 is 2.00 bits per heavy atom. The summed E-state index contributed by atoms with van der Waals surface area (Å²) in [6.45, 7) is 7.92. The molecule has 0 bridgehead atoms. The molecule has 0 aliphatic heterocycles. The highest BCUT2D eigenvalue weighted by molar-refractivity contribution is 5.29. The fraction of sp³-hybridized carbons (Fsp3) is 0.667. The molecule has 21 heavy (non-hydrogen) atoms. The van der Waals surface area contributed by atoms with Gasteiger partial charge >= 0.3 is 0 Å². The van der Waals surface area contributed by atoms with Crippen molar-refractivity contribution in [2.75, 3.05) is 33.8 Å². The van der Waals surface area contributed by atoms with Crippen molar-refractivity contribution in [3.8, 4) is 5.75 Å².